The molecule has 2 saturated heterocycles. The van der Waals surface area contributed by atoms with E-state index in [0.29, 0.717) is 18.3 Å². The Hall–Kier alpha value is -2.31. The number of anilines is 1. The number of ether oxygens (including phenoxy) is 1. The minimum absolute atomic E-state index is 0.00265. The van der Waals surface area contributed by atoms with Gasteiger partial charge in [0.15, 0.2) is 0 Å². The molecule has 0 radical (unpaired) electrons. The zero-order chi connectivity index (χ0) is 17.8. The molecule has 3 atom stereocenters. The molecule has 0 saturated carbocycles. The van der Waals surface area contributed by atoms with E-state index in [1.807, 2.05) is 24.5 Å². The maximum Gasteiger partial charge on any atom is 0.227 e. The molecule has 6 heteroatoms. The number of piperidine rings is 1. The second-order valence-electron chi connectivity index (χ2n) is 7.17. The number of fused-ring (bicyclic) bond motifs is 1. The average Bonchev–Trinajstić information content (AvgIpc) is 3.05. The molecule has 4 rings (SSSR count). The predicted octanol–water partition coefficient (Wildman–Crippen LogP) is 2.34. The van der Waals surface area contributed by atoms with Crippen molar-refractivity contribution >= 4 is 11.6 Å². The standard InChI is InChI=1S/C20H24N4O2/c25-20(23-17-2-1-6-22-11-17)10-19-18-5-9-24(13-16(18)14-26-19)12-15-3-7-21-8-4-15/h1-4,6-8,11,16,18-19H,5,9-10,12-14H2,(H,23,25)/t16-,18-,19-/m1/s1. The molecule has 2 aromatic heterocycles. The minimum atomic E-state index is 0.00265. The van der Waals surface area contributed by atoms with E-state index in [1.165, 1.54) is 5.56 Å². The van der Waals surface area contributed by atoms with Crippen molar-refractivity contribution in [1.82, 2.24) is 14.9 Å². The fourth-order valence-electron chi connectivity index (χ4n) is 4.09. The summed E-state index contributed by atoms with van der Waals surface area (Å²) in [6.45, 7) is 3.79. The van der Waals surface area contributed by atoms with Crippen LogP contribution in [0.5, 0.6) is 0 Å². The number of hydrogen-bond donors (Lipinski definition) is 1. The molecule has 4 heterocycles. The van der Waals surface area contributed by atoms with E-state index in [1.54, 1.807) is 12.4 Å². The van der Waals surface area contributed by atoms with Gasteiger partial charge in [-0.15, -0.1) is 0 Å². The number of rotatable bonds is 5. The highest BCUT2D eigenvalue weighted by molar-refractivity contribution is 5.90. The number of nitrogens with one attached hydrogen (secondary N) is 1. The number of likely N-dealkylation sites (tertiary alicyclic amines) is 1. The molecule has 136 valence electrons. The Morgan fingerprint density at radius 3 is 2.92 bits per heavy atom. The first-order chi connectivity index (χ1) is 12.8. The molecule has 2 aliphatic rings. The van der Waals surface area contributed by atoms with Crippen molar-refractivity contribution < 1.29 is 9.53 Å². The van der Waals surface area contributed by atoms with E-state index < -0.39 is 0 Å². The van der Waals surface area contributed by atoms with Crippen LogP contribution in [0.2, 0.25) is 0 Å². The highest BCUT2D eigenvalue weighted by Crippen LogP contribution is 2.36. The Morgan fingerprint density at radius 2 is 2.12 bits per heavy atom. The summed E-state index contributed by atoms with van der Waals surface area (Å²) in [5.41, 5.74) is 2.03. The molecule has 2 fully saturated rings. The molecule has 6 nitrogen and oxygen atoms in total. The average molecular weight is 352 g/mol. The Morgan fingerprint density at radius 1 is 1.23 bits per heavy atom. The van der Waals surface area contributed by atoms with Crippen molar-refractivity contribution in [2.75, 3.05) is 25.0 Å². The first-order valence-electron chi connectivity index (χ1n) is 9.20. The zero-order valence-electron chi connectivity index (χ0n) is 14.8. The first kappa shape index (κ1) is 17.1. The van der Waals surface area contributed by atoms with Crippen molar-refractivity contribution in [1.29, 1.82) is 0 Å². The largest absolute Gasteiger partial charge is 0.377 e. The van der Waals surface area contributed by atoms with Crippen LogP contribution in [0.25, 0.3) is 0 Å². The summed E-state index contributed by atoms with van der Waals surface area (Å²) < 4.78 is 5.99. The lowest BCUT2D eigenvalue weighted by molar-refractivity contribution is -0.118. The topological polar surface area (TPSA) is 67.3 Å². The van der Waals surface area contributed by atoms with Gasteiger partial charge < -0.3 is 10.1 Å². The predicted molar refractivity (Wildman–Crippen MR) is 98.3 cm³/mol. The maximum atomic E-state index is 12.3. The second kappa shape index (κ2) is 7.93. The highest BCUT2D eigenvalue weighted by Gasteiger charge is 2.41. The van der Waals surface area contributed by atoms with Crippen LogP contribution in [-0.2, 0) is 16.1 Å². The second-order valence-corrected chi connectivity index (χ2v) is 7.17. The van der Waals surface area contributed by atoms with Crippen molar-refractivity contribution in [2.45, 2.75) is 25.5 Å². The number of pyridine rings is 2. The fraction of sp³-hybridized carbons (Fsp3) is 0.450. The SMILES string of the molecule is O=C(C[C@H]1OC[C@H]2CN(Cc3ccncc3)CC[C@H]21)Nc1cccnc1. The molecule has 26 heavy (non-hydrogen) atoms. The summed E-state index contributed by atoms with van der Waals surface area (Å²) in [5.74, 6) is 0.994. The lowest BCUT2D eigenvalue weighted by Crippen LogP contribution is -2.41. The molecule has 0 bridgehead atoms. The van der Waals surface area contributed by atoms with Crippen LogP contribution < -0.4 is 5.32 Å². The van der Waals surface area contributed by atoms with Gasteiger partial charge in [0.25, 0.3) is 0 Å². The molecule has 1 N–H and O–H groups in total. The third-order valence-electron chi connectivity index (χ3n) is 5.37. The Balaban J connectivity index is 1.29. The molecule has 2 aliphatic heterocycles. The van der Waals surface area contributed by atoms with E-state index >= 15 is 0 Å². The zero-order valence-corrected chi connectivity index (χ0v) is 14.8. The number of aromatic nitrogens is 2. The van der Waals surface area contributed by atoms with Crippen LogP contribution in [0.15, 0.2) is 49.1 Å². The third kappa shape index (κ3) is 4.08. The normalized spacial score (nSPS) is 25.6. The number of carbonyl (C=O) groups is 1. The van der Waals surface area contributed by atoms with Crippen molar-refractivity contribution in [3.8, 4) is 0 Å². The van der Waals surface area contributed by atoms with E-state index in [9.17, 15) is 4.79 Å². The van der Waals surface area contributed by atoms with Gasteiger partial charge in [0, 0.05) is 37.6 Å². The Kier molecular flexibility index (Phi) is 5.22. The molecule has 0 aliphatic carbocycles. The van der Waals surface area contributed by atoms with Gasteiger partial charge in [-0.25, -0.2) is 0 Å². The van der Waals surface area contributed by atoms with E-state index in [-0.39, 0.29) is 12.0 Å². The monoisotopic (exact) mass is 352 g/mol. The molecular weight excluding hydrogens is 328 g/mol. The molecule has 0 unspecified atom stereocenters. The maximum absolute atomic E-state index is 12.3. The van der Waals surface area contributed by atoms with Crippen LogP contribution in [0.1, 0.15) is 18.4 Å². The van der Waals surface area contributed by atoms with E-state index in [4.69, 9.17) is 4.74 Å². The van der Waals surface area contributed by atoms with Crippen molar-refractivity contribution in [2.24, 2.45) is 11.8 Å². The van der Waals surface area contributed by atoms with E-state index in [2.05, 4.69) is 32.3 Å². The quantitative estimate of drug-likeness (QED) is 0.895. The van der Waals surface area contributed by atoms with Crippen molar-refractivity contribution in [3.05, 3.63) is 54.6 Å². The number of carbonyl (C=O) groups excluding carboxylic acids is 1. The van der Waals surface area contributed by atoms with Gasteiger partial charge in [-0.1, -0.05) is 0 Å². The van der Waals surface area contributed by atoms with Gasteiger partial charge in [-0.3, -0.25) is 19.7 Å². The fourth-order valence-corrected chi connectivity index (χ4v) is 4.09. The number of amides is 1. The van der Waals surface area contributed by atoms with Crippen LogP contribution in [0, 0.1) is 11.8 Å². The number of hydrogen-bond acceptors (Lipinski definition) is 5. The third-order valence-corrected chi connectivity index (χ3v) is 5.37. The molecular formula is C20H24N4O2. The van der Waals surface area contributed by atoms with Gasteiger partial charge in [0.1, 0.15) is 0 Å². The summed E-state index contributed by atoms with van der Waals surface area (Å²) in [6.07, 6.45) is 8.57. The van der Waals surface area contributed by atoms with Crippen LogP contribution in [0.3, 0.4) is 0 Å². The van der Waals surface area contributed by atoms with Gasteiger partial charge in [-0.2, -0.15) is 0 Å². The summed E-state index contributed by atoms with van der Waals surface area (Å²) in [6, 6.07) is 7.81. The molecule has 1 amide bonds. The molecule has 2 aromatic rings. The van der Waals surface area contributed by atoms with Crippen molar-refractivity contribution in [3.63, 3.8) is 0 Å². The minimum Gasteiger partial charge on any atom is -0.377 e. The highest BCUT2D eigenvalue weighted by atomic mass is 16.5. The summed E-state index contributed by atoms with van der Waals surface area (Å²) in [7, 11) is 0. The van der Waals surface area contributed by atoms with E-state index in [0.717, 1.165) is 38.3 Å². The van der Waals surface area contributed by atoms with Crippen LogP contribution in [-0.4, -0.2) is 46.6 Å². The Labute approximate surface area is 153 Å². The summed E-state index contributed by atoms with van der Waals surface area (Å²) >= 11 is 0. The Bertz CT molecular complexity index is 725. The van der Waals surface area contributed by atoms with Crippen LogP contribution >= 0.6 is 0 Å². The van der Waals surface area contributed by atoms with Crippen LogP contribution in [0.4, 0.5) is 5.69 Å². The lowest BCUT2D eigenvalue weighted by Gasteiger charge is -2.35. The van der Waals surface area contributed by atoms with Gasteiger partial charge in [0.05, 0.1) is 31.0 Å². The summed E-state index contributed by atoms with van der Waals surface area (Å²) in [4.78, 5) is 22.9. The summed E-state index contributed by atoms with van der Waals surface area (Å²) in [5, 5.41) is 2.91. The lowest BCUT2D eigenvalue weighted by atomic mass is 9.83. The number of nitrogens with zero attached hydrogens (tertiary/aromatic N) is 3. The van der Waals surface area contributed by atoms with Gasteiger partial charge >= 0.3 is 0 Å². The van der Waals surface area contributed by atoms with Gasteiger partial charge in [-0.05, 0) is 48.7 Å². The first-order valence-corrected chi connectivity index (χ1v) is 9.20. The smallest absolute Gasteiger partial charge is 0.227 e. The molecule has 0 spiro atoms. The molecule has 0 aromatic carbocycles. The van der Waals surface area contributed by atoms with Gasteiger partial charge in [0.2, 0.25) is 5.91 Å².